The Morgan fingerprint density at radius 3 is 2.41 bits per heavy atom. The van der Waals surface area contributed by atoms with E-state index < -0.39 is 10.0 Å². The summed E-state index contributed by atoms with van der Waals surface area (Å²) in [6.45, 7) is 4.76. The van der Waals surface area contributed by atoms with Crippen molar-refractivity contribution < 1.29 is 13.2 Å². The lowest BCUT2D eigenvalue weighted by molar-refractivity contribution is 0.0949. The van der Waals surface area contributed by atoms with Gasteiger partial charge in [-0.15, -0.1) is 11.3 Å². The highest BCUT2D eigenvalue weighted by molar-refractivity contribution is 7.94. The number of nitrogens with one attached hydrogen (secondary N) is 2. The fourth-order valence-electron chi connectivity index (χ4n) is 3.09. The molecule has 0 aliphatic rings. The highest BCUT2D eigenvalue weighted by atomic mass is 32.2. The smallest absolute Gasteiger partial charge is 0.271 e. The van der Waals surface area contributed by atoms with Crippen molar-refractivity contribution in [3.63, 3.8) is 0 Å². The van der Waals surface area contributed by atoms with E-state index in [4.69, 9.17) is 0 Å². The lowest BCUT2D eigenvalue weighted by Crippen LogP contribution is -2.30. The quantitative estimate of drug-likeness (QED) is 0.545. The molecule has 7 heteroatoms. The van der Waals surface area contributed by atoms with Gasteiger partial charge in [-0.2, -0.15) is 0 Å². The first-order valence-corrected chi connectivity index (χ1v) is 11.7. The molecular formula is C22H24N2O3S2. The molecule has 1 atom stereocenters. The lowest BCUT2D eigenvalue weighted by Gasteiger charge is -2.22. The molecule has 0 spiro atoms. The van der Waals surface area contributed by atoms with Gasteiger partial charge in [-0.1, -0.05) is 56.3 Å². The number of hydrogen-bond donors (Lipinski definition) is 2. The molecule has 1 heterocycles. The molecule has 29 heavy (non-hydrogen) atoms. The van der Waals surface area contributed by atoms with Crippen molar-refractivity contribution in [2.75, 3.05) is 11.3 Å². The largest absolute Gasteiger partial charge is 0.351 e. The Balaban J connectivity index is 1.69. The molecule has 0 aliphatic heterocycles. The van der Waals surface area contributed by atoms with Crippen molar-refractivity contribution in [1.82, 2.24) is 5.32 Å². The van der Waals surface area contributed by atoms with E-state index in [1.165, 1.54) is 5.56 Å². The number of rotatable bonds is 8. The van der Waals surface area contributed by atoms with E-state index in [9.17, 15) is 13.2 Å². The van der Waals surface area contributed by atoms with Crippen LogP contribution in [0.1, 0.15) is 35.7 Å². The van der Waals surface area contributed by atoms with Gasteiger partial charge < -0.3 is 5.32 Å². The van der Waals surface area contributed by atoms with Gasteiger partial charge >= 0.3 is 0 Å². The normalized spacial score (nSPS) is 12.5. The number of hydrogen-bond acceptors (Lipinski definition) is 4. The van der Waals surface area contributed by atoms with Gasteiger partial charge in [0.2, 0.25) is 0 Å². The van der Waals surface area contributed by atoms with Crippen molar-refractivity contribution in [1.29, 1.82) is 0 Å². The zero-order valence-corrected chi connectivity index (χ0v) is 18.0. The lowest BCUT2D eigenvalue weighted by atomic mass is 9.88. The number of benzene rings is 2. The maximum atomic E-state index is 12.7. The first kappa shape index (κ1) is 21.1. The van der Waals surface area contributed by atoms with Crippen LogP contribution in [0.4, 0.5) is 5.69 Å². The molecule has 3 aromatic rings. The third-order valence-corrected chi connectivity index (χ3v) is 7.43. The zero-order valence-electron chi connectivity index (χ0n) is 16.3. The molecule has 0 fully saturated rings. The standard InChI is InChI=1S/C22H24N2O3S2/c1-16(2)20(17-8-4-3-5-9-17)15-23-22(25)18-10-6-11-19(14-18)24-29(26,27)21-12-7-13-28-21/h3-14,16,20,24H,15H2,1-2H3,(H,23,25). The summed E-state index contributed by atoms with van der Waals surface area (Å²) in [7, 11) is -3.65. The van der Waals surface area contributed by atoms with Crippen LogP contribution in [0.25, 0.3) is 0 Å². The minimum atomic E-state index is -3.65. The topological polar surface area (TPSA) is 75.3 Å². The Kier molecular flexibility index (Phi) is 6.71. The summed E-state index contributed by atoms with van der Waals surface area (Å²) < 4.78 is 27.5. The number of sulfonamides is 1. The van der Waals surface area contributed by atoms with Crippen molar-refractivity contribution in [3.05, 3.63) is 83.2 Å². The molecule has 0 saturated heterocycles. The first-order valence-electron chi connectivity index (χ1n) is 9.36. The number of anilines is 1. The van der Waals surface area contributed by atoms with E-state index in [1.54, 1.807) is 41.8 Å². The third-order valence-electron chi connectivity index (χ3n) is 4.65. The van der Waals surface area contributed by atoms with Crippen molar-refractivity contribution in [2.24, 2.45) is 5.92 Å². The van der Waals surface area contributed by atoms with Crippen LogP contribution in [-0.2, 0) is 10.0 Å². The minimum absolute atomic E-state index is 0.195. The van der Waals surface area contributed by atoms with Crippen molar-refractivity contribution in [2.45, 2.75) is 24.0 Å². The predicted octanol–water partition coefficient (Wildman–Crippen LogP) is 4.72. The SMILES string of the molecule is CC(C)C(CNC(=O)c1cccc(NS(=O)(=O)c2cccs2)c1)c1ccccc1. The first-order chi connectivity index (χ1) is 13.9. The summed E-state index contributed by atoms with van der Waals surface area (Å²) in [6, 6.07) is 19.8. The van der Waals surface area contributed by atoms with Crippen LogP contribution in [0.5, 0.6) is 0 Å². The molecular weight excluding hydrogens is 404 g/mol. The maximum Gasteiger partial charge on any atom is 0.271 e. The Morgan fingerprint density at radius 2 is 1.76 bits per heavy atom. The monoisotopic (exact) mass is 428 g/mol. The Hall–Kier alpha value is -2.64. The molecule has 0 saturated carbocycles. The summed E-state index contributed by atoms with van der Waals surface area (Å²) in [5, 5.41) is 4.69. The van der Waals surface area contributed by atoms with E-state index in [2.05, 4.69) is 36.0 Å². The van der Waals surface area contributed by atoms with E-state index in [0.29, 0.717) is 23.7 Å². The van der Waals surface area contributed by atoms with Crippen LogP contribution >= 0.6 is 11.3 Å². The summed E-state index contributed by atoms with van der Waals surface area (Å²) in [6.07, 6.45) is 0. The Bertz CT molecular complexity index is 1050. The minimum Gasteiger partial charge on any atom is -0.351 e. The van der Waals surface area contributed by atoms with Gasteiger partial charge in [-0.3, -0.25) is 9.52 Å². The average molecular weight is 429 g/mol. The molecule has 1 aromatic heterocycles. The molecule has 2 N–H and O–H groups in total. The van der Waals surface area contributed by atoms with Gasteiger partial charge in [-0.05, 0) is 41.1 Å². The fraction of sp³-hybridized carbons (Fsp3) is 0.227. The summed E-state index contributed by atoms with van der Waals surface area (Å²) in [5.41, 5.74) is 1.95. The number of amides is 1. The van der Waals surface area contributed by atoms with Crippen molar-refractivity contribution >= 4 is 33.0 Å². The summed E-state index contributed by atoms with van der Waals surface area (Å²) in [5.74, 6) is 0.325. The fourth-order valence-corrected chi connectivity index (χ4v) is 5.13. The zero-order chi connectivity index (χ0) is 20.9. The molecule has 1 amide bonds. The third kappa shape index (κ3) is 5.46. The number of carbonyl (C=O) groups is 1. The second-order valence-electron chi connectivity index (χ2n) is 7.09. The second kappa shape index (κ2) is 9.24. The Morgan fingerprint density at radius 1 is 1.00 bits per heavy atom. The highest BCUT2D eigenvalue weighted by Crippen LogP contribution is 2.24. The van der Waals surface area contributed by atoms with E-state index in [-0.39, 0.29) is 16.0 Å². The average Bonchev–Trinajstić information content (AvgIpc) is 3.24. The van der Waals surface area contributed by atoms with Gasteiger partial charge in [0.05, 0.1) is 0 Å². The molecule has 5 nitrogen and oxygen atoms in total. The Labute approximate surface area is 175 Å². The molecule has 3 rings (SSSR count). The van der Waals surface area contributed by atoms with Crippen LogP contribution < -0.4 is 10.0 Å². The number of thiophene rings is 1. The van der Waals surface area contributed by atoms with Gasteiger partial charge in [-0.25, -0.2) is 8.42 Å². The molecule has 2 aromatic carbocycles. The van der Waals surface area contributed by atoms with Crippen molar-refractivity contribution in [3.8, 4) is 0 Å². The summed E-state index contributed by atoms with van der Waals surface area (Å²) in [4.78, 5) is 12.7. The molecule has 0 radical (unpaired) electrons. The van der Waals surface area contributed by atoms with Crippen LogP contribution in [0.15, 0.2) is 76.3 Å². The predicted molar refractivity (Wildman–Crippen MR) is 118 cm³/mol. The van der Waals surface area contributed by atoms with Gasteiger partial charge in [0.15, 0.2) is 0 Å². The molecule has 1 unspecified atom stereocenters. The van der Waals surface area contributed by atoms with Crippen LogP contribution in [-0.4, -0.2) is 20.9 Å². The van der Waals surface area contributed by atoms with Crippen LogP contribution in [0, 0.1) is 5.92 Å². The molecule has 152 valence electrons. The summed E-state index contributed by atoms with van der Waals surface area (Å²) >= 11 is 1.14. The van der Waals surface area contributed by atoms with Gasteiger partial charge in [0.25, 0.3) is 15.9 Å². The number of carbonyl (C=O) groups excluding carboxylic acids is 1. The van der Waals surface area contributed by atoms with Crippen LogP contribution in [0.3, 0.4) is 0 Å². The van der Waals surface area contributed by atoms with E-state index >= 15 is 0 Å². The maximum absolute atomic E-state index is 12.7. The highest BCUT2D eigenvalue weighted by Gasteiger charge is 2.18. The van der Waals surface area contributed by atoms with Gasteiger partial charge in [0.1, 0.15) is 4.21 Å². The molecule has 0 aliphatic carbocycles. The second-order valence-corrected chi connectivity index (χ2v) is 9.95. The van der Waals surface area contributed by atoms with E-state index in [1.807, 2.05) is 18.2 Å². The van der Waals surface area contributed by atoms with E-state index in [0.717, 1.165) is 11.3 Å². The molecule has 0 bridgehead atoms. The van der Waals surface area contributed by atoms with Gasteiger partial charge in [0, 0.05) is 23.7 Å². The van der Waals surface area contributed by atoms with Crippen LogP contribution in [0.2, 0.25) is 0 Å².